The van der Waals surface area contributed by atoms with Crippen LogP contribution in [0.4, 0.5) is 0 Å². The van der Waals surface area contributed by atoms with Crippen molar-refractivity contribution in [1.29, 1.82) is 0 Å². The molecule has 0 aliphatic carbocycles. The van der Waals surface area contributed by atoms with Crippen LogP contribution in [0.2, 0.25) is 0 Å². The number of rotatable bonds is 17. The number of hydrogen-bond acceptors (Lipinski definition) is 0. The summed E-state index contributed by atoms with van der Waals surface area (Å²) in [6, 6.07) is 21.6. The van der Waals surface area contributed by atoms with E-state index in [9.17, 15) is 0 Å². The highest BCUT2D eigenvalue weighted by Gasteiger charge is 2.19. The third-order valence-electron chi connectivity index (χ3n) is 6.70. The fraction of sp³-hybridized carbons (Fsp3) is 0.516. The van der Waals surface area contributed by atoms with Crippen LogP contribution in [-0.2, 0) is 13.1 Å². The van der Waals surface area contributed by atoms with Gasteiger partial charge in [0.05, 0.1) is 12.1 Å². The van der Waals surface area contributed by atoms with E-state index < -0.39 is 0 Å². The third-order valence-corrected chi connectivity index (χ3v) is 6.70. The third kappa shape index (κ3) is 9.20. The van der Waals surface area contributed by atoms with Crippen LogP contribution in [0.1, 0.15) is 96.0 Å². The number of hydrogen-bond donors (Lipinski definition) is 0. The molecule has 0 spiro atoms. The van der Waals surface area contributed by atoms with Gasteiger partial charge in [-0.15, -0.1) is 0 Å². The van der Waals surface area contributed by atoms with Gasteiger partial charge in [0.15, 0.2) is 0 Å². The Morgan fingerprint density at radius 2 is 1.12 bits per heavy atom. The Morgan fingerprint density at radius 3 is 1.70 bits per heavy atom. The Balaban J connectivity index is 1.39. The second-order valence-electron chi connectivity index (χ2n) is 9.54. The number of imidazole rings is 1. The molecule has 0 saturated carbocycles. The molecule has 3 rings (SSSR count). The summed E-state index contributed by atoms with van der Waals surface area (Å²) in [5.41, 5.74) is 2.64. The van der Waals surface area contributed by atoms with E-state index in [2.05, 4.69) is 89.1 Å². The topological polar surface area (TPSA) is 8.81 Å². The van der Waals surface area contributed by atoms with Crippen molar-refractivity contribution in [3.05, 3.63) is 78.6 Å². The quantitative estimate of drug-likeness (QED) is 0.145. The normalized spacial score (nSPS) is 11.2. The van der Waals surface area contributed by atoms with E-state index in [0.29, 0.717) is 0 Å². The molecule has 33 heavy (non-hydrogen) atoms. The van der Waals surface area contributed by atoms with E-state index in [4.69, 9.17) is 0 Å². The predicted octanol–water partition coefficient (Wildman–Crippen LogP) is 8.58. The van der Waals surface area contributed by atoms with E-state index in [-0.39, 0.29) is 0 Å². The van der Waals surface area contributed by atoms with Crippen LogP contribution in [0.15, 0.2) is 73.1 Å². The van der Waals surface area contributed by atoms with Crippen molar-refractivity contribution >= 4 is 0 Å². The minimum Gasteiger partial charge on any atom is -0.230 e. The maximum Gasteiger partial charge on any atom is 0.289 e. The molecule has 0 amide bonds. The van der Waals surface area contributed by atoms with E-state index in [1.54, 1.807) is 0 Å². The first-order valence-electron chi connectivity index (χ1n) is 13.6. The smallest absolute Gasteiger partial charge is 0.230 e. The van der Waals surface area contributed by atoms with Crippen molar-refractivity contribution in [2.45, 2.75) is 103 Å². The van der Waals surface area contributed by atoms with Gasteiger partial charge in [0, 0.05) is 0 Å². The van der Waals surface area contributed by atoms with Gasteiger partial charge in [-0.2, -0.15) is 0 Å². The summed E-state index contributed by atoms with van der Waals surface area (Å²) in [4.78, 5) is 0. The van der Waals surface area contributed by atoms with Crippen molar-refractivity contribution in [2.24, 2.45) is 0 Å². The number of aryl methyl sites for hydroxylation is 1. The zero-order valence-electron chi connectivity index (χ0n) is 20.9. The lowest BCUT2D eigenvalue weighted by Crippen LogP contribution is -2.35. The molecule has 0 aliphatic heterocycles. The predicted molar refractivity (Wildman–Crippen MR) is 141 cm³/mol. The zero-order valence-corrected chi connectivity index (χ0v) is 20.9. The average Bonchev–Trinajstić information content (AvgIpc) is 3.25. The fourth-order valence-corrected chi connectivity index (χ4v) is 4.77. The van der Waals surface area contributed by atoms with Crippen LogP contribution in [0.25, 0.3) is 11.4 Å². The molecule has 0 atom stereocenters. The number of unbranched alkanes of at least 4 members (excludes halogenated alkanes) is 12. The molecule has 0 unspecified atom stereocenters. The highest BCUT2D eigenvalue weighted by atomic mass is 15.1. The van der Waals surface area contributed by atoms with Gasteiger partial charge in [-0.25, -0.2) is 9.13 Å². The second kappa shape index (κ2) is 15.5. The number of nitrogens with zero attached hydrogens (tertiary/aromatic N) is 2. The molecule has 0 N–H and O–H groups in total. The van der Waals surface area contributed by atoms with Gasteiger partial charge in [-0.1, -0.05) is 126 Å². The van der Waals surface area contributed by atoms with Gasteiger partial charge >= 0.3 is 0 Å². The molecule has 2 aromatic carbocycles. The summed E-state index contributed by atoms with van der Waals surface area (Å²) in [6.45, 7) is 4.31. The highest BCUT2D eigenvalue weighted by molar-refractivity contribution is 5.52. The van der Waals surface area contributed by atoms with Gasteiger partial charge in [-0.3, -0.25) is 0 Å². The van der Waals surface area contributed by atoms with Crippen molar-refractivity contribution in [2.75, 3.05) is 0 Å². The fourth-order valence-electron chi connectivity index (χ4n) is 4.77. The van der Waals surface area contributed by atoms with Crippen molar-refractivity contribution in [3.8, 4) is 11.4 Å². The number of benzene rings is 2. The molecule has 1 aromatic heterocycles. The first kappa shape index (κ1) is 25.3. The molecular formula is C31H45N2+. The Morgan fingerprint density at radius 1 is 0.606 bits per heavy atom. The standard InChI is InChI=1S/C31H45N2/c1-2-3-4-5-6-7-8-9-10-11-12-13-20-25-32-26-27-33(28-29-21-16-14-17-22-29)31(32)30-23-18-15-19-24-30/h14-19,21-24,26-27H,2-13,20,25,28H2,1H3/q+1. The lowest BCUT2D eigenvalue weighted by molar-refractivity contribution is -0.686. The summed E-state index contributed by atoms with van der Waals surface area (Å²) < 4.78 is 4.85. The summed E-state index contributed by atoms with van der Waals surface area (Å²) in [7, 11) is 0. The lowest BCUT2D eigenvalue weighted by Gasteiger charge is -2.06. The first-order chi connectivity index (χ1) is 16.4. The SMILES string of the molecule is CCCCCCCCCCCCCCC[n+]1ccn(Cc2ccccc2)c1-c1ccccc1. The minimum atomic E-state index is 0.913. The number of aromatic nitrogens is 2. The summed E-state index contributed by atoms with van der Waals surface area (Å²) in [5, 5.41) is 0. The zero-order chi connectivity index (χ0) is 23.0. The average molecular weight is 446 g/mol. The van der Waals surface area contributed by atoms with Crippen LogP contribution in [0.5, 0.6) is 0 Å². The van der Waals surface area contributed by atoms with E-state index >= 15 is 0 Å². The maximum absolute atomic E-state index is 2.46. The van der Waals surface area contributed by atoms with Crippen LogP contribution < -0.4 is 4.57 Å². The molecule has 2 heteroatoms. The molecule has 0 aliphatic rings. The Bertz CT molecular complexity index is 866. The Hall–Kier alpha value is -2.35. The van der Waals surface area contributed by atoms with Crippen LogP contribution in [0.3, 0.4) is 0 Å². The molecule has 0 saturated heterocycles. The highest BCUT2D eigenvalue weighted by Crippen LogP contribution is 2.18. The molecule has 0 fully saturated rings. The van der Waals surface area contributed by atoms with Gasteiger partial charge < -0.3 is 0 Å². The summed E-state index contributed by atoms with van der Waals surface area (Å²) in [5.74, 6) is 1.32. The largest absolute Gasteiger partial charge is 0.289 e. The van der Waals surface area contributed by atoms with E-state index in [0.717, 1.165) is 13.1 Å². The van der Waals surface area contributed by atoms with Gasteiger partial charge in [0.25, 0.3) is 5.82 Å². The lowest BCUT2D eigenvalue weighted by atomic mass is 10.0. The molecule has 3 aromatic rings. The van der Waals surface area contributed by atoms with Gasteiger partial charge in [0.2, 0.25) is 0 Å². The van der Waals surface area contributed by atoms with E-state index in [1.165, 1.54) is 100 Å². The summed E-state index contributed by atoms with van der Waals surface area (Å²) in [6.07, 6.45) is 22.7. The Labute approximate surface area is 202 Å². The molecule has 0 radical (unpaired) electrons. The molecule has 2 nitrogen and oxygen atoms in total. The van der Waals surface area contributed by atoms with Crippen molar-refractivity contribution < 1.29 is 4.57 Å². The van der Waals surface area contributed by atoms with Crippen LogP contribution >= 0.6 is 0 Å². The molecule has 178 valence electrons. The van der Waals surface area contributed by atoms with Gasteiger partial charge in [0.1, 0.15) is 18.9 Å². The second-order valence-corrected chi connectivity index (χ2v) is 9.54. The summed E-state index contributed by atoms with van der Waals surface area (Å²) >= 11 is 0. The van der Waals surface area contributed by atoms with Crippen LogP contribution in [0, 0.1) is 0 Å². The minimum absolute atomic E-state index is 0.913. The van der Waals surface area contributed by atoms with Crippen molar-refractivity contribution in [3.63, 3.8) is 0 Å². The molecular weight excluding hydrogens is 400 g/mol. The first-order valence-corrected chi connectivity index (χ1v) is 13.6. The van der Waals surface area contributed by atoms with Gasteiger partial charge in [-0.05, 0) is 30.5 Å². The molecule has 0 bridgehead atoms. The van der Waals surface area contributed by atoms with E-state index in [1.807, 2.05) is 0 Å². The van der Waals surface area contributed by atoms with Crippen molar-refractivity contribution in [1.82, 2.24) is 4.57 Å². The maximum atomic E-state index is 2.46. The Kier molecular flexibility index (Phi) is 11.9. The molecule has 1 heterocycles. The van der Waals surface area contributed by atoms with Crippen LogP contribution in [-0.4, -0.2) is 4.57 Å². The monoisotopic (exact) mass is 445 g/mol.